The molecule has 1 aromatic carbocycles. The molecule has 2 aromatic heterocycles. The van der Waals surface area contributed by atoms with Crippen LogP contribution in [0.25, 0.3) is 0 Å². The van der Waals surface area contributed by atoms with Crippen molar-refractivity contribution in [1.82, 2.24) is 9.72 Å². The highest BCUT2D eigenvalue weighted by Crippen LogP contribution is 2.30. The van der Waals surface area contributed by atoms with Gasteiger partial charge in [0.25, 0.3) is 0 Å². The normalized spacial score (nSPS) is 15.2. The summed E-state index contributed by atoms with van der Waals surface area (Å²) in [4.78, 5) is 25.5. The second-order valence-corrected chi connectivity index (χ2v) is 8.99. The number of ketones is 1. The van der Waals surface area contributed by atoms with Crippen LogP contribution in [0, 0.1) is 27.7 Å². The molecule has 1 fully saturated rings. The van der Waals surface area contributed by atoms with Crippen molar-refractivity contribution in [2.24, 2.45) is 0 Å². The van der Waals surface area contributed by atoms with E-state index in [2.05, 4.69) is 9.72 Å². The molecule has 0 aliphatic carbocycles. The fourth-order valence-electron chi connectivity index (χ4n) is 4.42. The first kappa shape index (κ1) is 25.5. The van der Waals surface area contributed by atoms with Crippen molar-refractivity contribution in [1.29, 1.82) is 0 Å². The first-order valence-corrected chi connectivity index (χ1v) is 12.0. The Hall–Kier alpha value is -3.59. The zero-order chi connectivity index (χ0) is 25.8. The van der Waals surface area contributed by atoms with Gasteiger partial charge < -0.3 is 28.0 Å². The Morgan fingerprint density at radius 1 is 1.14 bits per heavy atom. The van der Waals surface area contributed by atoms with Crippen molar-refractivity contribution < 1.29 is 33.1 Å². The zero-order valence-electron chi connectivity index (χ0n) is 21.4. The van der Waals surface area contributed by atoms with E-state index in [0.29, 0.717) is 22.8 Å². The molecular weight excluding hydrogens is 464 g/mol. The van der Waals surface area contributed by atoms with Crippen LogP contribution >= 0.6 is 0 Å². The number of aryl methyl sites for hydroxylation is 3. The number of methoxy groups -OCH3 is 1. The molecule has 36 heavy (non-hydrogen) atoms. The van der Waals surface area contributed by atoms with E-state index in [9.17, 15) is 9.59 Å². The molecule has 0 radical (unpaired) electrons. The molecule has 1 unspecified atom stereocenters. The minimum absolute atomic E-state index is 0.168. The van der Waals surface area contributed by atoms with Crippen molar-refractivity contribution in [2.45, 2.75) is 59.8 Å². The summed E-state index contributed by atoms with van der Waals surface area (Å²) < 4.78 is 29.6. The van der Waals surface area contributed by atoms with E-state index < -0.39 is 5.97 Å². The highest BCUT2D eigenvalue weighted by atomic mass is 16.5. The van der Waals surface area contributed by atoms with Crippen molar-refractivity contribution in [3.05, 3.63) is 63.8 Å². The second kappa shape index (κ2) is 11.0. The third-order valence-electron chi connectivity index (χ3n) is 6.57. The lowest BCUT2D eigenvalue weighted by Crippen LogP contribution is -2.18. The lowest BCUT2D eigenvalue weighted by Gasteiger charge is -2.14. The number of Topliss-reactive ketones (excluding diaryl/α,β-unsaturated/α-hetero) is 1. The van der Waals surface area contributed by atoms with E-state index in [4.69, 9.17) is 23.5 Å². The van der Waals surface area contributed by atoms with Crippen LogP contribution in [0.15, 0.2) is 28.8 Å². The number of benzene rings is 1. The quantitative estimate of drug-likeness (QED) is 0.298. The van der Waals surface area contributed by atoms with Crippen LogP contribution in [0.2, 0.25) is 0 Å². The summed E-state index contributed by atoms with van der Waals surface area (Å²) in [5, 5.41) is 3.92. The number of hydrogen-bond donors (Lipinski definition) is 0. The second-order valence-electron chi connectivity index (χ2n) is 8.99. The van der Waals surface area contributed by atoms with Gasteiger partial charge in [0.1, 0.15) is 12.4 Å². The van der Waals surface area contributed by atoms with Crippen LogP contribution in [0.4, 0.5) is 0 Å². The Morgan fingerprint density at radius 3 is 2.61 bits per heavy atom. The maximum atomic E-state index is 12.9. The fourth-order valence-corrected chi connectivity index (χ4v) is 4.42. The SMILES string of the molecule is COc1cc(C(=O)OCC(=O)c2cc(C)n(CC3CCCO3)c2C)ccc1OCc1c(C)noc1C. The number of esters is 1. The van der Waals surface area contributed by atoms with E-state index in [1.165, 1.54) is 13.2 Å². The Morgan fingerprint density at radius 2 is 1.94 bits per heavy atom. The summed E-state index contributed by atoms with van der Waals surface area (Å²) >= 11 is 0. The van der Waals surface area contributed by atoms with Crippen LogP contribution in [0.5, 0.6) is 11.5 Å². The highest BCUT2D eigenvalue weighted by Gasteiger charge is 2.22. The van der Waals surface area contributed by atoms with Gasteiger partial charge in [0.15, 0.2) is 18.1 Å². The van der Waals surface area contributed by atoms with Gasteiger partial charge in [0.2, 0.25) is 5.78 Å². The third-order valence-corrected chi connectivity index (χ3v) is 6.57. The van der Waals surface area contributed by atoms with E-state index in [0.717, 1.165) is 48.6 Å². The summed E-state index contributed by atoms with van der Waals surface area (Å²) in [6, 6.07) is 6.58. The molecule has 1 saturated heterocycles. The number of aromatic nitrogens is 2. The summed E-state index contributed by atoms with van der Waals surface area (Å²) in [5.74, 6) is 0.654. The van der Waals surface area contributed by atoms with Gasteiger partial charge in [-0.2, -0.15) is 0 Å². The average molecular weight is 497 g/mol. The number of rotatable bonds is 10. The zero-order valence-corrected chi connectivity index (χ0v) is 21.4. The van der Waals surface area contributed by atoms with Crippen molar-refractivity contribution >= 4 is 11.8 Å². The molecule has 0 amide bonds. The smallest absolute Gasteiger partial charge is 0.338 e. The Bertz CT molecular complexity index is 1230. The molecule has 3 heterocycles. The van der Waals surface area contributed by atoms with E-state index >= 15 is 0 Å². The lowest BCUT2D eigenvalue weighted by molar-refractivity contribution is 0.0474. The van der Waals surface area contributed by atoms with Crippen LogP contribution in [-0.4, -0.2) is 47.9 Å². The van der Waals surface area contributed by atoms with Crippen LogP contribution in [-0.2, 0) is 22.6 Å². The van der Waals surface area contributed by atoms with Gasteiger partial charge in [-0.3, -0.25) is 4.79 Å². The molecule has 9 nitrogen and oxygen atoms in total. The fraction of sp³-hybridized carbons (Fsp3) is 0.444. The Balaban J connectivity index is 1.38. The van der Waals surface area contributed by atoms with Crippen molar-refractivity contribution in [3.63, 3.8) is 0 Å². The minimum atomic E-state index is -0.618. The highest BCUT2D eigenvalue weighted by molar-refractivity contribution is 6.00. The van der Waals surface area contributed by atoms with Crippen LogP contribution in [0.1, 0.15) is 62.0 Å². The Labute approximate surface area is 210 Å². The van der Waals surface area contributed by atoms with Gasteiger partial charge in [-0.15, -0.1) is 0 Å². The minimum Gasteiger partial charge on any atom is -0.493 e. The molecule has 0 spiro atoms. The molecule has 192 valence electrons. The molecule has 1 aliphatic heterocycles. The molecule has 1 atom stereocenters. The topological polar surface area (TPSA) is 102 Å². The molecule has 9 heteroatoms. The van der Waals surface area contributed by atoms with Gasteiger partial charge >= 0.3 is 5.97 Å². The van der Waals surface area contributed by atoms with Crippen LogP contribution < -0.4 is 9.47 Å². The molecule has 4 rings (SSSR count). The molecule has 0 N–H and O–H groups in total. The summed E-state index contributed by atoms with van der Waals surface area (Å²) in [7, 11) is 1.49. The van der Waals surface area contributed by atoms with Gasteiger partial charge in [-0.1, -0.05) is 5.16 Å². The number of ether oxygens (including phenoxy) is 4. The van der Waals surface area contributed by atoms with E-state index in [-0.39, 0.29) is 30.7 Å². The predicted octanol–water partition coefficient (Wildman–Crippen LogP) is 4.52. The van der Waals surface area contributed by atoms with Crippen molar-refractivity contribution in [2.75, 3.05) is 20.3 Å². The first-order valence-electron chi connectivity index (χ1n) is 12.0. The summed E-state index contributed by atoms with van der Waals surface area (Å²) in [6.07, 6.45) is 2.25. The number of nitrogens with zero attached hydrogens (tertiary/aromatic N) is 2. The lowest BCUT2D eigenvalue weighted by atomic mass is 10.1. The first-order chi connectivity index (χ1) is 17.3. The van der Waals surface area contributed by atoms with Gasteiger partial charge in [0.05, 0.1) is 30.0 Å². The summed E-state index contributed by atoms with van der Waals surface area (Å²) in [5.41, 5.74) is 4.26. The monoisotopic (exact) mass is 496 g/mol. The third kappa shape index (κ3) is 5.46. The molecular formula is C27H32N2O7. The predicted molar refractivity (Wildman–Crippen MR) is 131 cm³/mol. The molecule has 1 aliphatic rings. The standard InChI is InChI=1S/C27H32N2O7/c1-16-11-22(18(3)29(16)13-21-7-6-10-33-21)24(30)15-35-27(31)20-8-9-25(26(12-20)32-5)34-14-23-17(2)28-36-19(23)4/h8-9,11-12,21H,6-7,10,13-15H2,1-5H3. The maximum absolute atomic E-state index is 12.9. The van der Waals surface area contributed by atoms with E-state index in [1.54, 1.807) is 12.1 Å². The molecule has 3 aromatic rings. The van der Waals surface area contributed by atoms with Gasteiger partial charge in [0, 0.05) is 30.1 Å². The summed E-state index contributed by atoms with van der Waals surface area (Å²) in [6.45, 7) is 8.93. The molecule has 0 bridgehead atoms. The number of hydrogen-bond acceptors (Lipinski definition) is 8. The van der Waals surface area contributed by atoms with Gasteiger partial charge in [-0.25, -0.2) is 4.79 Å². The van der Waals surface area contributed by atoms with Crippen LogP contribution in [0.3, 0.4) is 0 Å². The average Bonchev–Trinajstić information content (AvgIpc) is 3.58. The largest absolute Gasteiger partial charge is 0.493 e. The maximum Gasteiger partial charge on any atom is 0.338 e. The number of carbonyl (C=O) groups excluding carboxylic acids is 2. The number of carbonyl (C=O) groups is 2. The van der Waals surface area contributed by atoms with E-state index in [1.807, 2.05) is 33.8 Å². The van der Waals surface area contributed by atoms with Gasteiger partial charge in [-0.05, 0) is 64.8 Å². The molecule has 0 saturated carbocycles. The van der Waals surface area contributed by atoms with Crippen molar-refractivity contribution in [3.8, 4) is 11.5 Å². The Kier molecular flexibility index (Phi) is 7.79.